The molecule has 4 aromatic rings. The highest BCUT2D eigenvalue weighted by Crippen LogP contribution is 2.63. The Bertz CT molecular complexity index is 1400. The minimum Gasteiger partial charge on any atom is -0.497 e. The summed E-state index contributed by atoms with van der Waals surface area (Å²) in [4.78, 5) is 17.2. The summed E-state index contributed by atoms with van der Waals surface area (Å²) in [6.45, 7) is 0. The van der Waals surface area contributed by atoms with E-state index in [0.717, 1.165) is 27.5 Å². The zero-order chi connectivity index (χ0) is 26.0. The van der Waals surface area contributed by atoms with Crippen LogP contribution in [-0.2, 0) is 9.54 Å². The van der Waals surface area contributed by atoms with E-state index < -0.39 is 4.75 Å². The maximum Gasteiger partial charge on any atom is 0.251 e. The van der Waals surface area contributed by atoms with Gasteiger partial charge in [0.15, 0.2) is 4.75 Å². The SMILES string of the molecule is COc1ccc(N2C(=O)C(Sc3ccc(Cl)cc3)(c3ccc(OC)cc3OC)C2c2ccccc2)cc1. The van der Waals surface area contributed by atoms with Gasteiger partial charge in [0.05, 0.1) is 27.4 Å². The van der Waals surface area contributed by atoms with E-state index in [-0.39, 0.29) is 11.9 Å². The maximum absolute atomic E-state index is 14.5. The van der Waals surface area contributed by atoms with Crippen molar-refractivity contribution < 1.29 is 19.0 Å². The molecule has 2 atom stereocenters. The van der Waals surface area contributed by atoms with Crippen molar-refractivity contribution in [3.8, 4) is 17.2 Å². The molecule has 0 spiro atoms. The van der Waals surface area contributed by atoms with Gasteiger partial charge in [-0.1, -0.05) is 41.9 Å². The molecule has 2 unspecified atom stereocenters. The van der Waals surface area contributed by atoms with Crippen molar-refractivity contribution in [3.63, 3.8) is 0 Å². The van der Waals surface area contributed by atoms with Crippen molar-refractivity contribution in [2.75, 3.05) is 26.2 Å². The van der Waals surface area contributed by atoms with Crippen molar-refractivity contribution in [2.45, 2.75) is 15.7 Å². The van der Waals surface area contributed by atoms with Crippen molar-refractivity contribution in [1.29, 1.82) is 0 Å². The summed E-state index contributed by atoms with van der Waals surface area (Å²) in [6.07, 6.45) is 0. The van der Waals surface area contributed by atoms with E-state index in [1.54, 1.807) is 21.3 Å². The quantitative estimate of drug-likeness (QED) is 0.226. The normalized spacial score (nSPS) is 18.8. The van der Waals surface area contributed by atoms with E-state index in [0.29, 0.717) is 16.5 Å². The van der Waals surface area contributed by atoms with Crippen LogP contribution in [0.2, 0.25) is 5.02 Å². The lowest BCUT2D eigenvalue weighted by atomic mass is 9.75. The highest BCUT2D eigenvalue weighted by molar-refractivity contribution is 8.01. The second kappa shape index (κ2) is 10.4. The van der Waals surface area contributed by atoms with Crippen LogP contribution in [0.1, 0.15) is 17.2 Å². The topological polar surface area (TPSA) is 48.0 Å². The molecule has 5 rings (SSSR count). The van der Waals surface area contributed by atoms with Gasteiger partial charge in [0, 0.05) is 27.2 Å². The van der Waals surface area contributed by atoms with Gasteiger partial charge in [-0.2, -0.15) is 0 Å². The monoisotopic (exact) mass is 531 g/mol. The summed E-state index contributed by atoms with van der Waals surface area (Å²) in [5, 5.41) is 0.639. The molecule has 1 amide bonds. The first-order valence-electron chi connectivity index (χ1n) is 11.7. The summed E-state index contributed by atoms with van der Waals surface area (Å²) >= 11 is 7.69. The van der Waals surface area contributed by atoms with Gasteiger partial charge in [0.2, 0.25) is 0 Å². The molecule has 0 radical (unpaired) electrons. The smallest absolute Gasteiger partial charge is 0.251 e. The number of anilines is 1. The third kappa shape index (κ3) is 4.41. The third-order valence-corrected chi connectivity index (χ3v) is 8.25. The van der Waals surface area contributed by atoms with Crippen molar-refractivity contribution in [3.05, 3.63) is 113 Å². The molecule has 1 saturated heterocycles. The van der Waals surface area contributed by atoms with Gasteiger partial charge >= 0.3 is 0 Å². The van der Waals surface area contributed by atoms with Gasteiger partial charge in [0.25, 0.3) is 5.91 Å². The van der Waals surface area contributed by atoms with Crippen LogP contribution in [0.5, 0.6) is 17.2 Å². The molecule has 0 aliphatic carbocycles. The number of hydrogen-bond acceptors (Lipinski definition) is 5. The molecule has 0 N–H and O–H groups in total. The predicted molar refractivity (Wildman–Crippen MR) is 148 cm³/mol. The molecule has 37 heavy (non-hydrogen) atoms. The lowest BCUT2D eigenvalue weighted by molar-refractivity contribution is -0.128. The van der Waals surface area contributed by atoms with Gasteiger partial charge < -0.3 is 19.1 Å². The summed E-state index contributed by atoms with van der Waals surface area (Å²) in [7, 11) is 4.85. The number of halogens is 1. The Morgan fingerprint density at radius 2 is 1.43 bits per heavy atom. The Morgan fingerprint density at radius 1 is 0.784 bits per heavy atom. The first-order valence-corrected chi connectivity index (χ1v) is 12.9. The number of carbonyl (C=O) groups excluding carboxylic acids is 1. The summed E-state index contributed by atoms with van der Waals surface area (Å²) < 4.78 is 15.6. The van der Waals surface area contributed by atoms with E-state index in [4.69, 9.17) is 25.8 Å². The maximum atomic E-state index is 14.5. The number of benzene rings is 4. The van der Waals surface area contributed by atoms with E-state index in [1.165, 1.54) is 11.8 Å². The Kier molecular flexibility index (Phi) is 7.04. The first kappa shape index (κ1) is 25.1. The Hall–Kier alpha value is -3.61. The van der Waals surface area contributed by atoms with Gasteiger partial charge in [-0.15, -0.1) is 11.8 Å². The molecule has 188 valence electrons. The Morgan fingerprint density at radius 3 is 2.05 bits per heavy atom. The molecule has 1 fully saturated rings. The van der Waals surface area contributed by atoms with Crippen LogP contribution in [0.3, 0.4) is 0 Å². The highest BCUT2D eigenvalue weighted by Gasteiger charge is 2.64. The van der Waals surface area contributed by atoms with Crippen LogP contribution in [0.15, 0.2) is 102 Å². The minimum atomic E-state index is -1.01. The number of carbonyl (C=O) groups is 1. The average Bonchev–Trinajstić information content (AvgIpc) is 2.95. The number of amides is 1. The van der Waals surface area contributed by atoms with Crippen molar-refractivity contribution >= 4 is 35.0 Å². The highest BCUT2D eigenvalue weighted by atomic mass is 35.5. The molecule has 4 aromatic carbocycles. The third-order valence-electron chi connectivity index (χ3n) is 6.55. The molecule has 1 aliphatic rings. The number of nitrogens with zero attached hydrogens (tertiary/aromatic N) is 1. The molecule has 7 heteroatoms. The summed E-state index contributed by atoms with van der Waals surface area (Å²) in [5.41, 5.74) is 2.58. The Labute approximate surface area is 225 Å². The minimum absolute atomic E-state index is 0.0464. The lowest BCUT2D eigenvalue weighted by Crippen LogP contribution is -2.65. The molecule has 1 heterocycles. The largest absolute Gasteiger partial charge is 0.497 e. The predicted octanol–water partition coefficient (Wildman–Crippen LogP) is 7.14. The fourth-order valence-corrected chi connectivity index (χ4v) is 6.36. The second-order valence-corrected chi connectivity index (χ2v) is 10.3. The number of ether oxygens (including phenoxy) is 3. The van der Waals surface area contributed by atoms with Gasteiger partial charge in [-0.3, -0.25) is 4.79 Å². The van der Waals surface area contributed by atoms with Crippen LogP contribution in [0, 0.1) is 0 Å². The van der Waals surface area contributed by atoms with E-state index in [1.807, 2.05) is 89.8 Å². The number of thioether (sulfide) groups is 1. The van der Waals surface area contributed by atoms with Crippen molar-refractivity contribution in [1.82, 2.24) is 0 Å². The zero-order valence-electron chi connectivity index (χ0n) is 20.7. The lowest BCUT2D eigenvalue weighted by Gasteiger charge is -2.56. The van der Waals surface area contributed by atoms with Crippen LogP contribution < -0.4 is 19.1 Å². The molecular weight excluding hydrogens is 506 g/mol. The molecule has 0 aromatic heterocycles. The molecular formula is C30H26ClNO4S. The van der Waals surface area contributed by atoms with E-state index in [2.05, 4.69) is 12.1 Å². The number of β-lactam (4-membered cyclic amide) rings is 1. The number of rotatable bonds is 8. The Balaban J connectivity index is 1.73. The molecule has 1 aliphatic heterocycles. The zero-order valence-corrected chi connectivity index (χ0v) is 22.3. The van der Waals surface area contributed by atoms with Crippen LogP contribution >= 0.6 is 23.4 Å². The van der Waals surface area contributed by atoms with Crippen LogP contribution in [-0.4, -0.2) is 27.2 Å². The number of methoxy groups -OCH3 is 3. The summed E-state index contributed by atoms with van der Waals surface area (Å²) in [6, 6.07) is 30.5. The fourth-order valence-electron chi connectivity index (χ4n) is 4.77. The van der Waals surface area contributed by atoms with Gasteiger partial charge in [-0.05, 0) is 66.2 Å². The second-order valence-electron chi connectivity index (χ2n) is 8.54. The molecule has 5 nitrogen and oxygen atoms in total. The van der Waals surface area contributed by atoms with Crippen molar-refractivity contribution in [2.24, 2.45) is 0 Å². The number of hydrogen-bond donors (Lipinski definition) is 0. The van der Waals surface area contributed by atoms with E-state index in [9.17, 15) is 4.79 Å². The van der Waals surface area contributed by atoms with Crippen LogP contribution in [0.4, 0.5) is 5.69 Å². The van der Waals surface area contributed by atoms with Gasteiger partial charge in [-0.25, -0.2) is 0 Å². The van der Waals surface area contributed by atoms with Gasteiger partial charge in [0.1, 0.15) is 17.2 Å². The molecule has 0 saturated carbocycles. The first-order chi connectivity index (χ1) is 18.0. The average molecular weight is 532 g/mol. The standard InChI is InChI=1S/C30H26ClNO4S/c1-34-23-13-11-22(12-14-23)32-28(20-7-5-4-6-8-20)30(29(32)33,37-25-16-9-21(31)10-17-25)26-18-15-24(35-2)19-27(26)36-3/h4-19,28H,1-3H3. The van der Waals surface area contributed by atoms with E-state index >= 15 is 0 Å². The summed E-state index contributed by atoms with van der Waals surface area (Å²) in [5.74, 6) is 1.92. The van der Waals surface area contributed by atoms with Crippen LogP contribution in [0.25, 0.3) is 0 Å². The fraction of sp³-hybridized carbons (Fsp3) is 0.167. The molecule has 0 bridgehead atoms.